The standard InChI is InChI=1S/C16H19ClN4O2S/c1-20-8-10(9-20)18-16(22)13-6-11-15(24-13)12(7-14(17)19-11)21-2-4-23-5-3-21/h6-7,10H,2-5,8-9H2,1H3,(H,18,22). The molecule has 0 radical (unpaired) electrons. The van der Waals surface area contributed by atoms with E-state index >= 15 is 0 Å². The monoisotopic (exact) mass is 366 g/mol. The number of carbonyl (C=O) groups is 1. The van der Waals surface area contributed by atoms with Crippen LogP contribution in [0.3, 0.4) is 0 Å². The van der Waals surface area contributed by atoms with Crippen LogP contribution >= 0.6 is 22.9 Å². The van der Waals surface area contributed by atoms with Crippen molar-refractivity contribution in [3.63, 3.8) is 0 Å². The van der Waals surface area contributed by atoms with Gasteiger partial charge in [-0.3, -0.25) is 4.79 Å². The van der Waals surface area contributed by atoms with E-state index in [1.54, 1.807) is 0 Å². The van der Waals surface area contributed by atoms with Gasteiger partial charge in [-0.1, -0.05) is 11.6 Å². The smallest absolute Gasteiger partial charge is 0.261 e. The third kappa shape index (κ3) is 3.09. The number of nitrogens with one attached hydrogen (secondary N) is 1. The molecule has 4 rings (SSSR count). The van der Waals surface area contributed by atoms with Gasteiger partial charge in [0.1, 0.15) is 5.15 Å². The molecule has 0 atom stereocenters. The summed E-state index contributed by atoms with van der Waals surface area (Å²) in [6.45, 7) is 4.86. The van der Waals surface area contributed by atoms with Crippen molar-refractivity contribution in [2.45, 2.75) is 6.04 Å². The Morgan fingerprint density at radius 2 is 2.12 bits per heavy atom. The van der Waals surface area contributed by atoms with Crippen molar-refractivity contribution in [1.29, 1.82) is 0 Å². The van der Waals surface area contributed by atoms with Gasteiger partial charge in [0.25, 0.3) is 5.91 Å². The largest absolute Gasteiger partial charge is 0.378 e. The van der Waals surface area contributed by atoms with Gasteiger partial charge < -0.3 is 19.9 Å². The minimum atomic E-state index is -0.0276. The molecule has 4 heterocycles. The molecule has 2 aliphatic heterocycles. The number of rotatable bonds is 3. The van der Waals surface area contributed by atoms with Crippen LogP contribution in [0.4, 0.5) is 5.69 Å². The maximum atomic E-state index is 12.5. The molecule has 0 aliphatic carbocycles. The van der Waals surface area contributed by atoms with E-state index in [2.05, 4.69) is 20.1 Å². The summed E-state index contributed by atoms with van der Waals surface area (Å²) in [6, 6.07) is 3.96. The maximum Gasteiger partial charge on any atom is 0.261 e. The molecule has 0 spiro atoms. The number of pyridine rings is 1. The second-order valence-electron chi connectivity index (χ2n) is 6.28. The fourth-order valence-corrected chi connectivity index (χ4v) is 4.41. The minimum absolute atomic E-state index is 0.0276. The zero-order valence-corrected chi connectivity index (χ0v) is 15.0. The highest BCUT2D eigenvalue weighted by molar-refractivity contribution is 7.21. The summed E-state index contributed by atoms with van der Waals surface area (Å²) in [5.74, 6) is -0.0276. The quantitative estimate of drug-likeness (QED) is 0.840. The van der Waals surface area contributed by atoms with Gasteiger partial charge in [-0.05, 0) is 13.1 Å². The highest BCUT2D eigenvalue weighted by Gasteiger charge is 2.26. The predicted octanol–water partition coefficient (Wildman–Crippen LogP) is 1.83. The fourth-order valence-electron chi connectivity index (χ4n) is 3.17. The number of likely N-dealkylation sites (tertiary alicyclic amines) is 1. The molecule has 0 aromatic carbocycles. The van der Waals surface area contributed by atoms with Crippen LogP contribution < -0.4 is 10.2 Å². The molecular formula is C16H19ClN4O2S. The molecule has 2 aromatic rings. The minimum Gasteiger partial charge on any atom is -0.378 e. The molecule has 2 aromatic heterocycles. The average molecular weight is 367 g/mol. The van der Waals surface area contributed by atoms with Crippen molar-refractivity contribution in [2.24, 2.45) is 0 Å². The van der Waals surface area contributed by atoms with Crippen molar-refractivity contribution in [2.75, 3.05) is 51.3 Å². The van der Waals surface area contributed by atoms with E-state index in [1.807, 2.05) is 19.2 Å². The van der Waals surface area contributed by atoms with E-state index in [-0.39, 0.29) is 11.9 Å². The molecule has 8 heteroatoms. The van der Waals surface area contributed by atoms with Gasteiger partial charge in [-0.2, -0.15) is 0 Å². The average Bonchev–Trinajstić information content (AvgIpc) is 2.97. The molecule has 128 valence electrons. The summed E-state index contributed by atoms with van der Waals surface area (Å²) in [4.78, 5) is 22.0. The molecular weight excluding hydrogens is 348 g/mol. The maximum absolute atomic E-state index is 12.5. The number of anilines is 1. The van der Waals surface area contributed by atoms with Crippen molar-refractivity contribution in [1.82, 2.24) is 15.2 Å². The second kappa shape index (κ2) is 6.48. The molecule has 1 N–H and O–H groups in total. The van der Waals surface area contributed by atoms with Crippen LogP contribution in [0.25, 0.3) is 10.2 Å². The molecule has 2 aliphatic rings. The van der Waals surface area contributed by atoms with Crippen molar-refractivity contribution in [3.8, 4) is 0 Å². The van der Waals surface area contributed by atoms with Gasteiger partial charge in [0, 0.05) is 32.2 Å². The highest BCUT2D eigenvalue weighted by atomic mass is 35.5. The molecule has 6 nitrogen and oxygen atoms in total. The van der Waals surface area contributed by atoms with Crippen LogP contribution in [-0.4, -0.2) is 68.3 Å². The normalized spacial score (nSPS) is 19.5. The summed E-state index contributed by atoms with van der Waals surface area (Å²) < 4.78 is 6.43. The third-order valence-corrected chi connectivity index (χ3v) is 5.74. The van der Waals surface area contributed by atoms with Gasteiger partial charge in [-0.25, -0.2) is 4.98 Å². The number of thiophene rings is 1. The highest BCUT2D eigenvalue weighted by Crippen LogP contribution is 2.35. The van der Waals surface area contributed by atoms with E-state index < -0.39 is 0 Å². The first-order valence-electron chi connectivity index (χ1n) is 8.02. The second-order valence-corrected chi connectivity index (χ2v) is 7.72. The molecule has 24 heavy (non-hydrogen) atoms. The Morgan fingerprint density at radius 3 is 2.83 bits per heavy atom. The lowest BCUT2D eigenvalue weighted by Crippen LogP contribution is -2.57. The zero-order chi connectivity index (χ0) is 16.7. The van der Waals surface area contributed by atoms with E-state index in [9.17, 15) is 4.79 Å². The van der Waals surface area contributed by atoms with Gasteiger partial charge in [0.05, 0.1) is 40.0 Å². The molecule has 0 bridgehead atoms. The third-order valence-electron chi connectivity index (χ3n) is 4.40. The Hall–Kier alpha value is -1.41. The number of ether oxygens (including phenoxy) is 1. The Morgan fingerprint density at radius 1 is 1.38 bits per heavy atom. The number of fused-ring (bicyclic) bond motifs is 1. The first-order chi connectivity index (χ1) is 11.6. The Balaban J connectivity index is 1.63. The number of morpholine rings is 1. The summed E-state index contributed by atoms with van der Waals surface area (Å²) >= 11 is 7.68. The number of aromatic nitrogens is 1. The number of hydrogen-bond donors (Lipinski definition) is 1. The lowest BCUT2D eigenvalue weighted by Gasteiger charge is -2.36. The zero-order valence-electron chi connectivity index (χ0n) is 13.4. The lowest BCUT2D eigenvalue weighted by molar-refractivity contribution is 0.0862. The van der Waals surface area contributed by atoms with E-state index in [4.69, 9.17) is 16.3 Å². The summed E-state index contributed by atoms with van der Waals surface area (Å²) in [5, 5.41) is 3.53. The first kappa shape index (κ1) is 16.1. The summed E-state index contributed by atoms with van der Waals surface area (Å²) in [7, 11) is 2.04. The van der Waals surface area contributed by atoms with Gasteiger partial charge in [-0.15, -0.1) is 11.3 Å². The molecule has 0 saturated carbocycles. The predicted molar refractivity (Wildman–Crippen MR) is 96.4 cm³/mol. The van der Waals surface area contributed by atoms with E-state index in [0.29, 0.717) is 23.2 Å². The molecule has 1 amide bonds. The van der Waals surface area contributed by atoms with Crippen LogP contribution in [0.1, 0.15) is 9.67 Å². The fraction of sp³-hybridized carbons (Fsp3) is 0.500. The van der Waals surface area contributed by atoms with Crippen LogP contribution in [0.2, 0.25) is 5.15 Å². The van der Waals surface area contributed by atoms with Gasteiger partial charge >= 0.3 is 0 Å². The summed E-state index contributed by atoms with van der Waals surface area (Å²) in [6.07, 6.45) is 0. The van der Waals surface area contributed by atoms with Crippen molar-refractivity contribution in [3.05, 3.63) is 22.2 Å². The van der Waals surface area contributed by atoms with Gasteiger partial charge in [0.15, 0.2) is 0 Å². The van der Waals surface area contributed by atoms with Crippen LogP contribution in [0, 0.1) is 0 Å². The SMILES string of the molecule is CN1CC(NC(=O)c2cc3nc(Cl)cc(N4CCOCC4)c3s2)C1. The van der Waals surface area contributed by atoms with E-state index in [1.165, 1.54) is 11.3 Å². The number of amides is 1. The van der Waals surface area contributed by atoms with Crippen LogP contribution in [-0.2, 0) is 4.74 Å². The Labute approximate surface area is 149 Å². The topological polar surface area (TPSA) is 57.7 Å². The van der Waals surface area contributed by atoms with Gasteiger partial charge in [0.2, 0.25) is 0 Å². The number of hydrogen-bond acceptors (Lipinski definition) is 6. The number of halogens is 1. The molecule has 2 fully saturated rings. The van der Waals surface area contributed by atoms with Crippen LogP contribution in [0.5, 0.6) is 0 Å². The van der Waals surface area contributed by atoms with Crippen LogP contribution in [0.15, 0.2) is 12.1 Å². The number of likely N-dealkylation sites (N-methyl/N-ethyl adjacent to an activating group) is 1. The van der Waals surface area contributed by atoms with Crippen molar-refractivity contribution >= 4 is 44.7 Å². The first-order valence-corrected chi connectivity index (χ1v) is 9.22. The Bertz CT molecular complexity index is 769. The Kier molecular flexibility index (Phi) is 4.34. The lowest BCUT2D eigenvalue weighted by atomic mass is 10.1. The summed E-state index contributed by atoms with van der Waals surface area (Å²) in [5.41, 5.74) is 1.82. The van der Waals surface area contributed by atoms with Crippen molar-refractivity contribution < 1.29 is 9.53 Å². The molecule has 0 unspecified atom stereocenters. The molecule has 2 saturated heterocycles. The number of carbonyl (C=O) groups excluding carboxylic acids is 1. The van der Waals surface area contributed by atoms with E-state index in [0.717, 1.165) is 42.1 Å². The number of nitrogens with zero attached hydrogens (tertiary/aromatic N) is 3.